The van der Waals surface area contributed by atoms with Crippen molar-refractivity contribution in [2.24, 2.45) is 0 Å². The van der Waals surface area contributed by atoms with Crippen LogP contribution in [0.15, 0.2) is 24.3 Å². The maximum Gasteiger partial charge on any atom is 0.252 e. The largest absolute Gasteiger partial charge is 0.334 e. The van der Waals surface area contributed by atoms with E-state index in [-0.39, 0.29) is 5.91 Å². The second-order valence-corrected chi connectivity index (χ2v) is 5.93. The molecule has 1 amide bonds. The molecule has 1 aliphatic rings. The Balaban J connectivity index is 2.17. The van der Waals surface area contributed by atoms with Gasteiger partial charge in [-0.3, -0.25) is 4.79 Å². The number of amides is 1. The third kappa shape index (κ3) is 3.85. The predicted molar refractivity (Wildman–Crippen MR) is 83.9 cm³/mol. The van der Waals surface area contributed by atoms with Crippen molar-refractivity contribution in [2.45, 2.75) is 63.8 Å². The van der Waals surface area contributed by atoms with E-state index in [1.54, 1.807) is 0 Å². The Labute approximate surface area is 127 Å². The van der Waals surface area contributed by atoms with E-state index in [4.69, 9.17) is 0 Å². The molecule has 0 bridgehead atoms. The molecular formula is C18H24N2O. The zero-order valence-electron chi connectivity index (χ0n) is 12.8. The lowest BCUT2D eigenvalue weighted by Crippen LogP contribution is -2.48. The van der Waals surface area contributed by atoms with Crippen LogP contribution >= 0.6 is 0 Å². The molecule has 1 fully saturated rings. The molecule has 3 heteroatoms. The number of nitriles is 1. The van der Waals surface area contributed by atoms with Crippen molar-refractivity contribution in [3.63, 3.8) is 0 Å². The van der Waals surface area contributed by atoms with Crippen molar-refractivity contribution in [3.8, 4) is 6.07 Å². The lowest BCUT2D eigenvalue weighted by Gasteiger charge is -2.30. The number of hydrogen-bond donors (Lipinski definition) is 1. The second kappa shape index (κ2) is 7.26. The van der Waals surface area contributed by atoms with Gasteiger partial charge in [0.1, 0.15) is 5.54 Å². The highest BCUT2D eigenvalue weighted by Crippen LogP contribution is 2.26. The molecule has 2 rings (SSSR count). The number of rotatable bonds is 3. The Morgan fingerprint density at radius 3 is 2.43 bits per heavy atom. The summed E-state index contributed by atoms with van der Waals surface area (Å²) < 4.78 is 0. The summed E-state index contributed by atoms with van der Waals surface area (Å²) >= 11 is 0. The Morgan fingerprint density at radius 2 is 1.81 bits per heavy atom. The van der Waals surface area contributed by atoms with Crippen molar-refractivity contribution < 1.29 is 4.79 Å². The zero-order valence-corrected chi connectivity index (χ0v) is 12.8. The summed E-state index contributed by atoms with van der Waals surface area (Å²) in [5, 5.41) is 12.7. The number of aryl methyl sites for hydroxylation is 1. The second-order valence-electron chi connectivity index (χ2n) is 5.93. The fraction of sp³-hybridized carbons (Fsp3) is 0.556. The van der Waals surface area contributed by atoms with E-state index >= 15 is 0 Å². The molecule has 112 valence electrons. The number of nitrogens with zero attached hydrogens (tertiary/aromatic N) is 1. The molecule has 1 saturated carbocycles. The summed E-state index contributed by atoms with van der Waals surface area (Å²) in [5.41, 5.74) is 1.06. The van der Waals surface area contributed by atoms with Crippen molar-refractivity contribution in [3.05, 3.63) is 35.4 Å². The molecule has 0 saturated heterocycles. The average molecular weight is 284 g/mol. The van der Waals surface area contributed by atoms with E-state index in [0.717, 1.165) is 50.5 Å². The van der Waals surface area contributed by atoms with Crippen LogP contribution < -0.4 is 5.32 Å². The van der Waals surface area contributed by atoms with Crippen molar-refractivity contribution in [1.82, 2.24) is 5.32 Å². The lowest BCUT2D eigenvalue weighted by atomic mass is 9.84. The van der Waals surface area contributed by atoms with Crippen LogP contribution in [0.1, 0.15) is 67.8 Å². The molecule has 0 spiro atoms. The Morgan fingerprint density at radius 1 is 1.19 bits per heavy atom. The lowest BCUT2D eigenvalue weighted by molar-refractivity contribution is 0.0906. The monoisotopic (exact) mass is 284 g/mol. The third-order valence-electron chi connectivity index (χ3n) is 4.42. The maximum absolute atomic E-state index is 12.6. The highest BCUT2D eigenvalue weighted by atomic mass is 16.1. The Hall–Kier alpha value is -1.82. The molecule has 0 atom stereocenters. The first kappa shape index (κ1) is 15.6. The highest BCUT2D eigenvalue weighted by Gasteiger charge is 2.32. The average Bonchev–Trinajstić information content (AvgIpc) is 2.50. The molecule has 1 aromatic rings. The van der Waals surface area contributed by atoms with Crippen LogP contribution in [0.2, 0.25) is 0 Å². The Kier molecular flexibility index (Phi) is 5.38. The van der Waals surface area contributed by atoms with Gasteiger partial charge < -0.3 is 5.32 Å². The fourth-order valence-corrected chi connectivity index (χ4v) is 3.11. The predicted octanol–water partition coefficient (Wildman–Crippen LogP) is 3.99. The van der Waals surface area contributed by atoms with E-state index in [1.165, 1.54) is 6.42 Å². The summed E-state index contributed by atoms with van der Waals surface area (Å²) in [7, 11) is 0. The van der Waals surface area contributed by atoms with Crippen molar-refractivity contribution in [2.75, 3.05) is 0 Å². The molecule has 0 unspecified atom stereocenters. The minimum Gasteiger partial charge on any atom is -0.334 e. The van der Waals surface area contributed by atoms with E-state index < -0.39 is 5.54 Å². The van der Waals surface area contributed by atoms with Crippen LogP contribution in [-0.2, 0) is 6.42 Å². The van der Waals surface area contributed by atoms with Crippen LogP contribution in [0.3, 0.4) is 0 Å². The first-order chi connectivity index (χ1) is 10.2. The molecule has 0 heterocycles. The summed E-state index contributed by atoms with van der Waals surface area (Å²) in [5.74, 6) is -0.102. The summed E-state index contributed by atoms with van der Waals surface area (Å²) in [6.07, 6.45) is 7.95. The third-order valence-corrected chi connectivity index (χ3v) is 4.42. The van der Waals surface area contributed by atoms with Crippen LogP contribution in [-0.4, -0.2) is 11.4 Å². The highest BCUT2D eigenvalue weighted by molar-refractivity contribution is 5.96. The summed E-state index contributed by atoms with van der Waals surface area (Å²) in [6.45, 7) is 2.04. The van der Waals surface area contributed by atoms with Gasteiger partial charge in [-0.2, -0.15) is 5.26 Å². The number of carbonyl (C=O) groups excluding carboxylic acids is 1. The van der Waals surface area contributed by atoms with Gasteiger partial charge in [0.2, 0.25) is 0 Å². The number of benzene rings is 1. The van der Waals surface area contributed by atoms with Gasteiger partial charge in [0.05, 0.1) is 6.07 Å². The topological polar surface area (TPSA) is 52.9 Å². The summed E-state index contributed by atoms with van der Waals surface area (Å²) in [6, 6.07) is 10.0. The van der Waals surface area contributed by atoms with Gasteiger partial charge in [-0.15, -0.1) is 0 Å². The molecule has 1 aliphatic carbocycles. The number of nitrogens with one attached hydrogen (secondary N) is 1. The molecule has 1 aromatic carbocycles. The molecule has 21 heavy (non-hydrogen) atoms. The molecule has 0 aliphatic heterocycles. The SMILES string of the molecule is CCc1ccccc1C(=O)NC1(C#N)CCCCCCC1. The number of hydrogen-bond acceptors (Lipinski definition) is 2. The van der Waals surface area contributed by atoms with Gasteiger partial charge in [-0.1, -0.05) is 57.2 Å². The van der Waals surface area contributed by atoms with Gasteiger partial charge in [-0.05, 0) is 30.9 Å². The van der Waals surface area contributed by atoms with Gasteiger partial charge in [-0.25, -0.2) is 0 Å². The van der Waals surface area contributed by atoms with Gasteiger partial charge >= 0.3 is 0 Å². The first-order valence-electron chi connectivity index (χ1n) is 8.02. The van der Waals surface area contributed by atoms with Gasteiger partial charge in [0.25, 0.3) is 5.91 Å². The summed E-state index contributed by atoms with van der Waals surface area (Å²) in [4.78, 5) is 12.6. The van der Waals surface area contributed by atoms with Gasteiger partial charge in [0, 0.05) is 5.56 Å². The minimum absolute atomic E-state index is 0.102. The first-order valence-corrected chi connectivity index (χ1v) is 8.02. The van der Waals surface area contributed by atoms with Crippen LogP contribution in [0.4, 0.5) is 0 Å². The van der Waals surface area contributed by atoms with E-state index in [9.17, 15) is 10.1 Å². The molecular weight excluding hydrogens is 260 g/mol. The van der Waals surface area contributed by atoms with E-state index in [0.29, 0.717) is 5.56 Å². The normalized spacial score (nSPS) is 18.1. The number of carbonyl (C=O) groups is 1. The molecule has 0 radical (unpaired) electrons. The van der Waals surface area contributed by atoms with E-state index in [1.807, 2.05) is 31.2 Å². The quantitative estimate of drug-likeness (QED) is 0.912. The van der Waals surface area contributed by atoms with Crippen molar-refractivity contribution in [1.29, 1.82) is 5.26 Å². The van der Waals surface area contributed by atoms with Crippen LogP contribution in [0, 0.1) is 11.3 Å². The molecule has 1 N–H and O–H groups in total. The van der Waals surface area contributed by atoms with Crippen LogP contribution in [0.5, 0.6) is 0 Å². The standard InChI is InChI=1S/C18H24N2O/c1-2-15-10-6-7-11-16(15)17(21)20-18(14-19)12-8-4-3-5-9-13-18/h6-7,10-11H,2-5,8-9,12-13H2,1H3,(H,20,21). The maximum atomic E-state index is 12.6. The zero-order chi connectivity index (χ0) is 15.1. The van der Waals surface area contributed by atoms with Crippen molar-refractivity contribution >= 4 is 5.91 Å². The Bertz CT molecular complexity index is 522. The van der Waals surface area contributed by atoms with Gasteiger partial charge in [0.15, 0.2) is 0 Å². The van der Waals surface area contributed by atoms with Crippen LogP contribution in [0.25, 0.3) is 0 Å². The smallest absolute Gasteiger partial charge is 0.252 e. The molecule has 3 nitrogen and oxygen atoms in total. The minimum atomic E-state index is -0.682. The fourth-order valence-electron chi connectivity index (χ4n) is 3.11. The van der Waals surface area contributed by atoms with E-state index in [2.05, 4.69) is 11.4 Å². The molecule has 0 aromatic heterocycles.